The van der Waals surface area contributed by atoms with Crippen LogP contribution in [0.5, 0.6) is 11.5 Å². The summed E-state index contributed by atoms with van der Waals surface area (Å²) in [5, 5.41) is 25.1. The number of hydrogen-bond acceptors (Lipinski definition) is 7. The second kappa shape index (κ2) is 12.6. The van der Waals surface area contributed by atoms with E-state index in [2.05, 4.69) is 15.5 Å². The van der Waals surface area contributed by atoms with Crippen molar-refractivity contribution < 1.29 is 57.2 Å². The minimum atomic E-state index is -4.76. The van der Waals surface area contributed by atoms with Crippen molar-refractivity contribution in [1.29, 1.82) is 0 Å². The summed E-state index contributed by atoms with van der Waals surface area (Å²) >= 11 is 12.1. The number of hydrogen-bond donors (Lipinski definition) is 2. The largest absolute Gasteiger partial charge is 1.00 e. The number of anilines is 1. The number of carbonyl (C=O) groups is 1. The summed E-state index contributed by atoms with van der Waals surface area (Å²) < 4.78 is 39.0. The zero-order valence-corrected chi connectivity index (χ0v) is 25.4. The van der Waals surface area contributed by atoms with E-state index >= 15 is 0 Å². The Morgan fingerprint density at radius 3 is 2.44 bits per heavy atom. The second-order valence-electron chi connectivity index (χ2n) is 8.10. The molecule has 0 aliphatic rings. The first-order valence-corrected chi connectivity index (χ1v) is 13.3. The third-order valence-electron chi connectivity index (χ3n) is 5.45. The fourth-order valence-electron chi connectivity index (χ4n) is 3.78. The molecule has 39 heavy (non-hydrogen) atoms. The average Bonchev–Trinajstić information content (AvgIpc) is 2.84. The van der Waals surface area contributed by atoms with Gasteiger partial charge in [-0.1, -0.05) is 59.3 Å². The summed E-state index contributed by atoms with van der Waals surface area (Å²) in [5.41, 5.74) is -0.0133. The summed E-state index contributed by atoms with van der Waals surface area (Å²) in [7, 11) is -4.76. The Labute approximate surface area is 256 Å². The summed E-state index contributed by atoms with van der Waals surface area (Å²) in [6.45, 7) is 3.74. The van der Waals surface area contributed by atoms with E-state index in [9.17, 15) is 22.9 Å². The Kier molecular flexibility index (Phi) is 10.0. The molecule has 2 N–H and O–H groups in total. The molecule has 0 aliphatic heterocycles. The van der Waals surface area contributed by atoms with Gasteiger partial charge in [-0.05, 0) is 49.1 Å². The monoisotopic (exact) mass is 595 g/mol. The first kappa shape index (κ1) is 30.8. The quantitative estimate of drug-likeness (QED) is 0.189. The molecular weight excluding hydrogens is 576 g/mol. The van der Waals surface area contributed by atoms with Gasteiger partial charge in [-0.3, -0.25) is 9.35 Å². The van der Waals surface area contributed by atoms with Crippen molar-refractivity contribution in [3.8, 4) is 11.5 Å². The number of nitrogens with zero attached hydrogens (tertiary/aromatic N) is 2. The molecule has 0 aromatic heterocycles. The van der Waals surface area contributed by atoms with E-state index in [1.165, 1.54) is 24.3 Å². The van der Waals surface area contributed by atoms with Crippen LogP contribution in [0.4, 0.5) is 17.1 Å². The summed E-state index contributed by atoms with van der Waals surface area (Å²) in [4.78, 5) is 12.5. The Balaban J connectivity index is 0.00000420. The van der Waals surface area contributed by atoms with Gasteiger partial charge < -0.3 is 15.2 Å². The van der Waals surface area contributed by atoms with Gasteiger partial charge in [0.1, 0.15) is 16.3 Å². The van der Waals surface area contributed by atoms with E-state index in [0.29, 0.717) is 39.4 Å². The van der Waals surface area contributed by atoms with Gasteiger partial charge in [-0.15, -0.1) is 5.11 Å². The molecule has 0 spiro atoms. The zero-order valence-electron chi connectivity index (χ0n) is 21.0. The SMILES string of the molecule is CCOc1cc(Cl)cc(NC(=O)c2cc3ccccc3c(N=Nc3c(C)ccc(Cl)c3S(=O)(=O)O)c2[O-])c1.[Na+]. The summed E-state index contributed by atoms with van der Waals surface area (Å²) in [6, 6.07) is 15.6. The van der Waals surface area contributed by atoms with Gasteiger partial charge in [0.25, 0.3) is 16.0 Å². The number of azo groups is 1. The maximum atomic E-state index is 13.4. The second-order valence-corrected chi connectivity index (χ2v) is 10.3. The fraction of sp³-hybridized carbons (Fsp3) is 0.115. The van der Waals surface area contributed by atoms with Crippen LogP contribution in [0.15, 0.2) is 75.8 Å². The van der Waals surface area contributed by atoms with Crippen molar-refractivity contribution in [3.63, 3.8) is 0 Å². The van der Waals surface area contributed by atoms with E-state index in [4.69, 9.17) is 27.9 Å². The topological polar surface area (TPSA) is 140 Å². The van der Waals surface area contributed by atoms with Crippen molar-refractivity contribution in [2.45, 2.75) is 18.7 Å². The average molecular weight is 596 g/mol. The molecule has 4 aromatic carbocycles. The molecule has 0 saturated carbocycles. The number of amides is 1. The molecule has 9 nitrogen and oxygen atoms in total. The molecule has 196 valence electrons. The van der Waals surface area contributed by atoms with Crippen LogP contribution >= 0.6 is 23.2 Å². The van der Waals surface area contributed by atoms with Gasteiger partial charge in [0.15, 0.2) is 0 Å². The number of ether oxygens (including phenoxy) is 1. The smallest absolute Gasteiger partial charge is 0.870 e. The van der Waals surface area contributed by atoms with Crippen LogP contribution in [0.1, 0.15) is 22.8 Å². The van der Waals surface area contributed by atoms with Crippen LogP contribution in [-0.2, 0) is 10.1 Å². The van der Waals surface area contributed by atoms with Gasteiger partial charge in [0.2, 0.25) is 0 Å². The first-order chi connectivity index (χ1) is 18.0. The molecule has 4 aromatic rings. The van der Waals surface area contributed by atoms with Crippen molar-refractivity contribution in [2.24, 2.45) is 10.2 Å². The van der Waals surface area contributed by atoms with Gasteiger partial charge in [0, 0.05) is 27.7 Å². The summed E-state index contributed by atoms with van der Waals surface area (Å²) in [5.74, 6) is -1.03. The predicted octanol–water partition coefficient (Wildman–Crippen LogP) is 3.85. The van der Waals surface area contributed by atoms with Crippen molar-refractivity contribution in [2.75, 3.05) is 11.9 Å². The molecule has 1 amide bonds. The number of rotatable bonds is 7. The van der Waals surface area contributed by atoms with E-state index in [1.54, 1.807) is 50.2 Å². The van der Waals surface area contributed by atoms with E-state index in [0.717, 1.165) is 0 Å². The number of benzene rings is 4. The zero-order chi connectivity index (χ0) is 27.6. The maximum absolute atomic E-state index is 13.4. The molecule has 0 fully saturated rings. The molecular formula is C26H20Cl2N3NaO6S. The van der Waals surface area contributed by atoms with Crippen LogP contribution in [-0.4, -0.2) is 25.5 Å². The van der Waals surface area contributed by atoms with Gasteiger partial charge in [0.05, 0.1) is 17.3 Å². The molecule has 0 atom stereocenters. The van der Waals surface area contributed by atoms with Crippen LogP contribution in [0, 0.1) is 6.92 Å². The van der Waals surface area contributed by atoms with Crippen LogP contribution in [0.3, 0.4) is 0 Å². The van der Waals surface area contributed by atoms with Crippen LogP contribution < -0.4 is 44.7 Å². The number of carbonyl (C=O) groups excluding carboxylic acids is 1. The number of nitrogens with one attached hydrogen (secondary N) is 1. The van der Waals surface area contributed by atoms with Crippen LogP contribution in [0.25, 0.3) is 10.8 Å². The Morgan fingerprint density at radius 2 is 1.74 bits per heavy atom. The molecule has 13 heteroatoms. The number of aryl methyl sites for hydroxylation is 1. The first-order valence-electron chi connectivity index (χ1n) is 11.2. The van der Waals surface area contributed by atoms with Crippen LogP contribution in [0.2, 0.25) is 10.0 Å². The molecule has 0 heterocycles. The third kappa shape index (κ3) is 6.90. The Hall–Kier alpha value is -2.70. The van der Waals surface area contributed by atoms with Gasteiger partial charge >= 0.3 is 29.6 Å². The van der Waals surface area contributed by atoms with Crippen molar-refractivity contribution >= 4 is 67.1 Å². The number of halogens is 2. The normalized spacial score (nSPS) is 11.4. The Morgan fingerprint density at radius 1 is 1.05 bits per heavy atom. The minimum absolute atomic E-state index is 0. The van der Waals surface area contributed by atoms with Gasteiger partial charge in [-0.2, -0.15) is 13.5 Å². The minimum Gasteiger partial charge on any atom is -0.870 e. The molecule has 0 aliphatic carbocycles. The molecule has 4 rings (SSSR count). The molecule has 0 bridgehead atoms. The fourth-order valence-corrected chi connectivity index (χ4v) is 5.21. The molecule has 0 saturated heterocycles. The molecule has 0 radical (unpaired) electrons. The van der Waals surface area contributed by atoms with Crippen molar-refractivity contribution in [3.05, 3.63) is 81.8 Å². The Bertz CT molecular complexity index is 1710. The van der Waals surface area contributed by atoms with Crippen molar-refractivity contribution in [1.82, 2.24) is 0 Å². The summed E-state index contributed by atoms with van der Waals surface area (Å²) in [6.07, 6.45) is 0. The standard InChI is InChI=1S/C26H21Cl2N3O6S.Na/c1-3-37-18-12-16(27)11-17(13-18)29-26(33)20-10-15-6-4-5-7-19(15)23(24(20)32)31-30-22-14(2)8-9-21(28)25(22)38(34,35)36;/h4-13,32H,3H2,1-2H3,(H,29,33)(H,34,35,36);/q;+1/p-1. The van der Waals surface area contributed by atoms with E-state index < -0.39 is 26.7 Å². The maximum Gasteiger partial charge on any atom is 1.00 e. The number of fused-ring (bicyclic) bond motifs is 1. The third-order valence-corrected chi connectivity index (χ3v) is 7.03. The van der Waals surface area contributed by atoms with Gasteiger partial charge in [-0.25, -0.2) is 0 Å². The van der Waals surface area contributed by atoms with E-state index in [-0.39, 0.29) is 51.5 Å². The molecule has 0 unspecified atom stereocenters. The van der Waals surface area contributed by atoms with E-state index in [1.807, 2.05) is 0 Å². The predicted molar refractivity (Wildman–Crippen MR) is 144 cm³/mol.